The minimum atomic E-state index is -3.81. The first kappa shape index (κ1) is 28.4. The second kappa shape index (κ2) is 11.2. The van der Waals surface area contributed by atoms with Crippen molar-refractivity contribution in [1.29, 1.82) is 0 Å². The van der Waals surface area contributed by atoms with Crippen molar-refractivity contribution in [1.82, 2.24) is 0 Å². The van der Waals surface area contributed by atoms with Gasteiger partial charge in [0.15, 0.2) is 5.16 Å². The molecule has 0 amide bonds. The third-order valence-corrected chi connectivity index (χ3v) is 11.5. The quantitative estimate of drug-likeness (QED) is 0.222. The molecule has 0 radical (unpaired) electrons. The van der Waals surface area contributed by atoms with Crippen LogP contribution in [0.15, 0.2) is 54.6 Å². The third kappa shape index (κ3) is 5.43. The van der Waals surface area contributed by atoms with Gasteiger partial charge in [-0.25, -0.2) is 0 Å². The van der Waals surface area contributed by atoms with Gasteiger partial charge in [-0.05, 0) is 67.7 Å². The lowest BCUT2D eigenvalue weighted by Gasteiger charge is -2.44. The van der Waals surface area contributed by atoms with Crippen LogP contribution < -0.4 is 0 Å². The Bertz CT molecular complexity index is 1110. The van der Waals surface area contributed by atoms with Gasteiger partial charge in [0.1, 0.15) is 6.10 Å². The normalized spacial score (nSPS) is 28.1. The van der Waals surface area contributed by atoms with Gasteiger partial charge in [-0.1, -0.05) is 81.3 Å². The first-order valence-corrected chi connectivity index (χ1v) is 15.4. The van der Waals surface area contributed by atoms with Gasteiger partial charge in [-0.3, -0.25) is 9.36 Å². The van der Waals surface area contributed by atoms with Crippen molar-refractivity contribution in [2.45, 2.75) is 82.9 Å². The number of halogens is 1. The van der Waals surface area contributed by atoms with Crippen molar-refractivity contribution in [3.05, 3.63) is 70.7 Å². The number of ether oxygens (including phenoxy) is 1. The Morgan fingerprint density at radius 3 is 2.24 bits per heavy atom. The van der Waals surface area contributed by atoms with Crippen molar-refractivity contribution in [2.75, 3.05) is 13.2 Å². The second-order valence-electron chi connectivity index (χ2n) is 11.1. The second-order valence-corrected chi connectivity index (χ2v) is 13.9. The van der Waals surface area contributed by atoms with E-state index in [0.717, 1.165) is 24.8 Å². The number of carbonyl (C=O) groups is 1. The summed E-state index contributed by atoms with van der Waals surface area (Å²) >= 11 is 6.12. The molecule has 0 aromatic heterocycles. The van der Waals surface area contributed by atoms with E-state index in [1.165, 1.54) is 5.56 Å². The molecule has 2 aromatic carbocycles. The zero-order valence-electron chi connectivity index (χ0n) is 22.6. The molecule has 2 saturated carbocycles. The molecular weight excluding hydrogens is 507 g/mol. The Balaban J connectivity index is 1.68. The highest BCUT2D eigenvalue weighted by Crippen LogP contribution is 2.77. The summed E-state index contributed by atoms with van der Waals surface area (Å²) in [5.74, 6) is -0.208. The first-order chi connectivity index (χ1) is 17.6. The maximum absolute atomic E-state index is 14.2. The SMILES string of the molecule is CCOP(=O)(OCC)[C@@]1(C(=O)O[C@@H]2C[C@H](C)CC[C@H]2C(C)(C)c2ccccc2)C[C@H]1c1ccc(Cl)cc1. The predicted octanol–water partition coefficient (Wildman–Crippen LogP) is 8.16. The molecule has 2 aromatic rings. The van der Waals surface area contributed by atoms with Crippen LogP contribution in [0.4, 0.5) is 0 Å². The smallest absolute Gasteiger partial charge is 0.348 e. The fourth-order valence-electron chi connectivity index (χ4n) is 6.19. The summed E-state index contributed by atoms with van der Waals surface area (Å²) in [6.45, 7) is 10.6. The summed E-state index contributed by atoms with van der Waals surface area (Å²) in [6, 6.07) is 17.8. The van der Waals surface area contributed by atoms with Gasteiger partial charge in [-0.15, -0.1) is 0 Å². The molecule has 0 heterocycles. The maximum Gasteiger partial charge on any atom is 0.348 e. The van der Waals surface area contributed by atoms with E-state index in [1.807, 2.05) is 18.2 Å². The summed E-state index contributed by atoms with van der Waals surface area (Å²) in [5.41, 5.74) is 1.92. The average molecular weight is 547 g/mol. The molecule has 5 nitrogen and oxygen atoms in total. The molecular formula is C30H40ClO5P. The Kier molecular flexibility index (Phi) is 8.60. The average Bonchev–Trinajstić information content (AvgIpc) is 3.63. The highest BCUT2D eigenvalue weighted by molar-refractivity contribution is 7.57. The molecule has 0 spiro atoms. The molecule has 0 saturated heterocycles. The topological polar surface area (TPSA) is 61.8 Å². The van der Waals surface area contributed by atoms with Crippen LogP contribution in [0.3, 0.4) is 0 Å². The number of hydrogen-bond acceptors (Lipinski definition) is 5. The highest BCUT2D eigenvalue weighted by Gasteiger charge is 2.75. The van der Waals surface area contributed by atoms with E-state index in [1.54, 1.807) is 26.0 Å². The van der Waals surface area contributed by atoms with Gasteiger partial charge in [0.25, 0.3) is 0 Å². The van der Waals surface area contributed by atoms with Gasteiger partial charge >= 0.3 is 13.6 Å². The number of esters is 1. The number of carbonyl (C=O) groups excluding carboxylic acids is 1. The largest absolute Gasteiger partial charge is 0.461 e. The van der Waals surface area contributed by atoms with Crippen LogP contribution in [0.1, 0.15) is 77.3 Å². The molecule has 37 heavy (non-hydrogen) atoms. The number of hydrogen-bond donors (Lipinski definition) is 0. The zero-order chi connectivity index (χ0) is 26.8. The predicted molar refractivity (Wildman–Crippen MR) is 148 cm³/mol. The number of rotatable bonds is 10. The minimum absolute atomic E-state index is 0.137. The van der Waals surface area contributed by atoms with Crippen LogP contribution in [0.5, 0.6) is 0 Å². The van der Waals surface area contributed by atoms with E-state index in [2.05, 4.69) is 45.0 Å². The summed E-state index contributed by atoms with van der Waals surface area (Å²) in [6.07, 6.45) is 2.90. The Labute approximate surface area is 226 Å². The van der Waals surface area contributed by atoms with Gasteiger partial charge in [0.2, 0.25) is 0 Å². The summed E-state index contributed by atoms with van der Waals surface area (Å²) in [4.78, 5) is 14.2. The minimum Gasteiger partial charge on any atom is -0.461 e. The molecule has 0 N–H and O–H groups in total. The van der Waals surface area contributed by atoms with E-state index in [-0.39, 0.29) is 36.6 Å². The van der Waals surface area contributed by atoms with Crippen LogP contribution >= 0.6 is 19.2 Å². The molecule has 0 unspecified atom stereocenters. The van der Waals surface area contributed by atoms with E-state index in [4.69, 9.17) is 25.4 Å². The van der Waals surface area contributed by atoms with Crippen molar-refractivity contribution in [2.24, 2.45) is 11.8 Å². The maximum atomic E-state index is 14.2. The number of benzene rings is 2. The lowest BCUT2D eigenvalue weighted by atomic mass is 9.64. The molecule has 7 heteroatoms. The van der Waals surface area contributed by atoms with Gasteiger partial charge < -0.3 is 13.8 Å². The van der Waals surface area contributed by atoms with Crippen LogP contribution in [0, 0.1) is 11.8 Å². The van der Waals surface area contributed by atoms with Gasteiger partial charge in [0, 0.05) is 16.9 Å². The fraction of sp³-hybridized carbons (Fsp3) is 0.567. The lowest BCUT2D eigenvalue weighted by molar-refractivity contribution is -0.157. The summed E-state index contributed by atoms with van der Waals surface area (Å²) in [5, 5.41) is -0.743. The van der Waals surface area contributed by atoms with Gasteiger partial charge in [0.05, 0.1) is 13.2 Å². The van der Waals surface area contributed by atoms with E-state index in [9.17, 15) is 9.36 Å². The zero-order valence-corrected chi connectivity index (χ0v) is 24.3. The summed E-state index contributed by atoms with van der Waals surface area (Å²) < 4.78 is 32.2. The van der Waals surface area contributed by atoms with Gasteiger partial charge in [-0.2, -0.15) is 0 Å². The summed E-state index contributed by atoms with van der Waals surface area (Å²) in [7, 11) is -3.81. The lowest BCUT2D eigenvalue weighted by Crippen LogP contribution is -2.45. The van der Waals surface area contributed by atoms with Crippen LogP contribution in [-0.4, -0.2) is 30.4 Å². The molecule has 2 fully saturated rings. The third-order valence-electron chi connectivity index (χ3n) is 8.40. The Hall–Kier alpha value is -1.65. The standard InChI is InChI=1S/C30H40ClO5P/c1-6-34-37(33,35-7-2)30(20-26(30)22-14-16-24(31)17-15-22)28(32)36-27-19-21(3)13-18-25(27)29(4,5)23-11-9-8-10-12-23/h8-12,14-17,21,25-27H,6-7,13,18-20H2,1-5H3/t21-,25-,26+,27-,30+/m1/s1. The highest BCUT2D eigenvalue weighted by atomic mass is 35.5. The van der Waals surface area contributed by atoms with Crippen molar-refractivity contribution in [3.8, 4) is 0 Å². The fourth-order valence-corrected chi connectivity index (χ4v) is 8.75. The van der Waals surface area contributed by atoms with Crippen molar-refractivity contribution in [3.63, 3.8) is 0 Å². The molecule has 2 aliphatic rings. The molecule has 0 aliphatic heterocycles. The van der Waals surface area contributed by atoms with Crippen molar-refractivity contribution >= 4 is 25.2 Å². The Morgan fingerprint density at radius 2 is 1.65 bits per heavy atom. The molecule has 4 rings (SSSR count). The molecule has 2 aliphatic carbocycles. The molecule has 0 bridgehead atoms. The monoisotopic (exact) mass is 546 g/mol. The first-order valence-electron chi connectivity index (χ1n) is 13.5. The van der Waals surface area contributed by atoms with E-state index >= 15 is 0 Å². The van der Waals surface area contributed by atoms with Crippen LogP contribution in [0.2, 0.25) is 5.02 Å². The Morgan fingerprint density at radius 1 is 1.03 bits per heavy atom. The molecule has 202 valence electrons. The van der Waals surface area contributed by atoms with Crippen LogP contribution in [0.25, 0.3) is 0 Å². The van der Waals surface area contributed by atoms with E-state index in [0.29, 0.717) is 17.4 Å². The van der Waals surface area contributed by atoms with E-state index < -0.39 is 18.7 Å². The molecule has 5 atom stereocenters. The van der Waals surface area contributed by atoms with Crippen LogP contribution in [-0.2, 0) is 28.6 Å². The van der Waals surface area contributed by atoms with Crippen molar-refractivity contribution < 1.29 is 23.1 Å².